The predicted octanol–water partition coefficient (Wildman–Crippen LogP) is 3.52. The van der Waals surface area contributed by atoms with Crippen LogP contribution >= 0.6 is 15.9 Å². The van der Waals surface area contributed by atoms with E-state index in [0.29, 0.717) is 0 Å². The number of aromatic amines is 1. The van der Waals surface area contributed by atoms with Crippen molar-refractivity contribution in [1.29, 1.82) is 0 Å². The van der Waals surface area contributed by atoms with Gasteiger partial charge in [-0.05, 0) is 45.4 Å². The van der Waals surface area contributed by atoms with Gasteiger partial charge in [-0.3, -0.25) is 0 Å². The minimum Gasteiger partial charge on any atom is -0.341 e. The Morgan fingerprint density at radius 1 is 1.35 bits per heavy atom. The number of aromatic nitrogens is 2. The highest BCUT2D eigenvalue weighted by Gasteiger charge is 2.11. The lowest BCUT2D eigenvalue weighted by atomic mass is 10.1. The maximum absolute atomic E-state index is 4.62. The third-order valence-corrected chi connectivity index (χ3v) is 3.03. The van der Waals surface area contributed by atoms with Gasteiger partial charge in [-0.2, -0.15) is 0 Å². The van der Waals surface area contributed by atoms with Gasteiger partial charge in [0.2, 0.25) is 0 Å². The summed E-state index contributed by atoms with van der Waals surface area (Å²) < 4.78 is 1.08. The Hall–Kier alpha value is -0.870. The molecule has 1 aromatic heterocycles. The molecule has 0 aliphatic carbocycles. The number of nitrogens with zero attached hydrogens (tertiary/aromatic N) is 1. The molecule has 92 valence electrons. The lowest BCUT2D eigenvalue weighted by Gasteiger charge is -2.19. The molecule has 17 heavy (non-hydrogen) atoms. The smallest absolute Gasteiger partial charge is 0.121 e. The molecule has 4 heteroatoms. The van der Waals surface area contributed by atoms with Gasteiger partial charge in [-0.25, -0.2) is 4.98 Å². The van der Waals surface area contributed by atoms with Crippen LogP contribution in [-0.2, 0) is 6.54 Å². The molecule has 1 heterocycles. The Morgan fingerprint density at radius 2 is 2.06 bits per heavy atom. The van der Waals surface area contributed by atoms with Crippen LogP contribution in [0.4, 0.5) is 0 Å². The number of hydrogen-bond donors (Lipinski definition) is 2. The number of rotatable bonds is 2. The molecule has 0 spiro atoms. The van der Waals surface area contributed by atoms with Gasteiger partial charge in [-0.15, -0.1) is 0 Å². The summed E-state index contributed by atoms with van der Waals surface area (Å²) in [4.78, 5) is 7.96. The molecule has 1 aromatic carbocycles. The van der Waals surface area contributed by atoms with Crippen LogP contribution in [0.2, 0.25) is 0 Å². The third kappa shape index (κ3) is 3.07. The van der Waals surface area contributed by atoms with Crippen LogP contribution in [0.25, 0.3) is 11.0 Å². The molecule has 0 radical (unpaired) electrons. The molecule has 2 aromatic rings. The second-order valence-corrected chi connectivity index (χ2v) is 6.32. The molecule has 2 rings (SSSR count). The number of benzene rings is 1. The third-order valence-electron chi connectivity index (χ3n) is 2.58. The summed E-state index contributed by atoms with van der Waals surface area (Å²) in [5, 5.41) is 3.43. The zero-order valence-electron chi connectivity index (χ0n) is 10.7. The van der Waals surface area contributed by atoms with E-state index in [1.165, 1.54) is 5.56 Å². The van der Waals surface area contributed by atoms with Crippen LogP contribution in [0.3, 0.4) is 0 Å². The predicted molar refractivity (Wildman–Crippen MR) is 75.1 cm³/mol. The Morgan fingerprint density at radius 3 is 2.71 bits per heavy atom. The zero-order chi connectivity index (χ0) is 12.6. The average molecular weight is 296 g/mol. The Balaban J connectivity index is 2.29. The number of hydrogen-bond acceptors (Lipinski definition) is 2. The normalized spacial score (nSPS) is 12.3. The molecule has 0 amide bonds. The van der Waals surface area contributed by atoms with Crippen molar-refractivity contribution in [3.8, 4) is 0 Å². The molecule has 0 aliphatic heterocycles. The maximum atomic E-state index is 4.62. The first-order valence-electron chi connectivity index (χ1n) is 5.75. The fraction of sp³-hybridized carbons (Fsp3) is 0.462. The summed E-state index contributed by atoms with van der Waals surface area (Å²) in [6.07, 6.45) is 0. The molecule has 0 unspecified atom stereocenters. The highest BCUT2D eigenvalue weighted by atomic mass is 79.9. The van der Waals surface area contributed by atoms with E-state index in [4.69, 9.17) is 0 Å². The first-order valence-corrected chi connectivity index (χ1v) is 6.54. The Bertz CT molecular complexity index is 537. The number of nitrogens with one attached hydrogen (secondary N) is 2. The van der Waals surface area contributed by atoms with Crippen molar-refractivity contribution >= 4 is 27.0 Å². The minimum absolute atomic E-state index is 0.106. The quantitative estimate of drug-likeness (QED) is 0.890. The summed E-state index contributed by atoms with van der Waals surface area (Å²) in [6.45, 7) is 9.29. The number of fused-ring (bicyclic) bond motifs is 1. The van der Waals surface area contributed by atoms with Crippen molar-refractivity contribution in [1.82, 2.24) is 15.3 Å². The Kier molecular flexibility index (Phi) is 3.27. The van der Waals surface area contributed by atoms with Gasteiger partial charge in [0.1, 0.15) is 5.82 Å². The number of halogens is 1. The van der Waals surface area contributed by atoms with Gasteiger partial charge in [-0.1, -0.05) is 15.9 Å². The van der Waals surface area contributed by atoms with E-state index in [0.717, 1.165) is 27.9 Å². The van der Waals surface area contributed by atoms with Crippen molar-refractivity contribution in [3.63, 3.8) is 0 Å². The summed E-state index contributed by atoms with van der Waals surface area (Å²) in [7, 11) is 0. The maximum Gasteiger partial charge on any atom is 0.121 e. The molecule has 3 nitrogen and oxygen atoms in total. The topological polar surface area (TPSA) is 40.7 Å². The van der Waals surface area contributed by atoms with Crippen LogP contribution in [0, 0.1) is 6.92 Å². The summed E-state index contributed by atoms with van der Waals surface area (Å²) >= 11 is 3.50. The average Bonchev–Trinajstić information content (AvgIpc) is 2.56. The van der Waals surface area contributed by atoms with E-state index < -0.39 is 0 Å². The largest absolute Gasteiger partial charge is 0.341 e. The van der Waals surface area contributed by atoms with Crippen molar-refractivity contribution < 1.29 is 0 Å². The molecule has 0 atom stereocenters. The highest BCUT2D eigenvalue weighted by Crippen LogP contribution is 2.22. The van der Waals surface area contributed by atoms with Crippen LogP contribution < -0.4 is 5.32 Å². The van der Waals surface area contributed by atoms with Crippen LogP contribution in [-0.4, -0.2) is 15.5 Å². The van der Waals surface area contributed by atoms with E-state index in [-0.39, 0.29) is 5.54 Å². The summed E-state index contributed by atoms with van der Waals surface area (Å²) in [6, 6.07) is 4.15. The van der Waals surface area contributed by atoms with Crippen molar-refractivity contribution in [2.45, 2.75) is 39.8 Å². The van der Waals surface area contributed by atoms with Crippen LogP contribution in [0.1, 0.15) is 32.2 Å². The van der Waals surface area contributed by atoms with E-state index in [9.17, 15) is 0 Å². The molecule has 0 bridgehead atoms. The van der Waals surface area contributed by atoms with Crippen LogP contribution in [0.15, 0.2) is 16.6 Å². The second kappa shape index (κ2) is 4.42. The molecular formula is C13H18BrN3. The fourth-order valence-electron chi connectivity index (χ4n) is 1.73. The van der Waals surface area contributed by atoms with E-state index in [1.807, 2.05) is 0 Å². The minimum atomic E-state index is 0.106. The first-order chi connectivity index (χ1) is 7.85. The number of H-pyrrole nitrogens is 1. The second-order valence-electron chi connectivity index (χ2n) is 5.41. The lowest BCUT2D eigenvalue weighted by Crippen LogP contribution is -2.35. The molecule has 2 N–H and O–H groups in total. The molecule has 0 fully saturated rings. The number of aryl methyl sites for hydroxylation is 1. The van der Waals surface area contributed by atoms with Gasteiger partial charge in [0.15, 0.2) is 0 Å². The van der Waals surface area contributed by atoms with Gasteiger partial charge in [0.05, 0.1) is 17.6 Å². The van der Waals surface area contributed by atoms with Gasteiger partial charge in [0, 0.05) is 10.0 Å². The van der Waals surface area contributed by atoms with Gasteiger partial charge < -0.3 is 10.3 Å². The number of imidazole rings is 1. The zero-order valence-corrected chi connectivity index (χ0v) is 12.3. The van der Waals surface area contributed by atoms with Crippen molar-refractivity contribution in [2.75, 3.05) is 0 Å². The molecule has 0 saturated heterocycles. The summed E-state index contributed by atoms with van der Waals surface area (Å²) in [5.74, 6) is 0.983. The van der Waals surface area contributed by atoms with Gasteiger partial charge in [0.25, 0.3) is 0 Å². The Labute approximate surface area is 110 Å². The SMILES string of the molecule is Cc1cc(Br)cc2[nH]c(CNC(C)(C)C)nc12. The summed E-state index contributed by atoms with van der Waals surface area (Å²) in [5.41, 5.74) is 3.43. The van der Waals surface area contributed by atoms with E-state index in [1.54, 1.807) is 0 Å². The highest BCUT2D eigenvalue weighted by molar-refractivity contribution is 9.10. The van der Waals surface area contributed by atoms with Crippen molar-refractivity contribution in [2.24, 2.45) is 0 Å². The van der Waals surface area contributed by atoms with Crippen LogP contribution in [0.5, 0.6) is 0 Å². The monoisotopic (exact) mass is 295 g/mol. The molecular weight excluding hydrogens is 278 g/mol. The lowest BCUT2D eigenvalue weighted by molar-refractivity contribution is 0.419. The fourth-order valence-corrected chi connectivity index (χ4v) is 2.30. The van der Waals surface area contributed by atoms with E-state index in [2.05, 4.69) is 71.0 Å². The molecule has 0 saturated carbocycles. The first kappa shape index (κ1) is 12.6. The van der Waals surface area contributed by atoms with Crippen molar-refractivity contribution in [3.05, 3.63) is 28.0 Å². The standard InChI is InChI=1S/C13H18BrN3/c1-8-5-9(14)6-10-12(8)17-11(16-10)7-15-13(2,3)4/h5-6,15H,7H2,1-4H3,(H,16,17). The van der Waals surface area contributed by atoms with Gasteiger partial charge >= 0.3 is 0 Å². The molecule has 0 aliphatic rings. The van der Waals surface area contributed by atoms with E-state index >= 15 is 0 Å².